The Morgan fingerprint density at radius 3 is 2.92 bits per heavy atom. The zero-order chi connectivity index (χ0) is 17.2. The van der Waals surface area contributed by atoms with Crippen LogP contribution in [-0.2, 0) is 0 Å². The third kappa shape index (κ3) is 3.14. The molecule has 1 aromatic carbocycles. The van der Waals surface area contributed by atoms with Gasteiger partial charge in [0.05, 0.1) is 17.1 Å². The molecule has 6 heteroatoms. The summed E-state index contributed by atoms with van der Waals surface area (Å²) in [6, 6.07) is 11.5. The number of aliphatic hydroxyl groups excluding tert-OH is 1. The second-order valence-corrected chi connectivity index (χ2v) is 6.61. The van der Waals surface area contributed by atoms with Crippen LogP contribution in [0.15, 0.2) is 64.8 Å². The lowest BCUT2D eigenvalue weighted by atomic mass is 10.0. The zero-order valence-corrected chi connectivity index (χ0v) is 14.4. The molecule has 0 saturated carbocycles. The molecule has 0 saturated heterocycles. The molecular formula is C19H16N4OS. The van der Waals surface area contributed by atoms with Crippen LogP contribution in [-0.4, -0.2) is 20.1 Å². The number of hydrogen-bond acceptors (Lipinski definition) is 6. The molecule has 1 atom stereocenters. The summed E-state index contributed by atoms with van der Waals surface area (Å²) in [5, 5.41) is 14.9. The molecule has 0 spiro atoms. The summed E-state index contributed by atoms with van der Waals surface area (Å²) in [5.74, 6) is 0.736. The van der Waals surface area contributed by atoms with Crippen LogP contribution < -0.4 is 5.32 Å². The van der Waals surface area contributed by atoms with Crippen molar-refractivity contribution in [3.8, 4) is 0 Å². The van der Waals surface area contributed by atoms with Gasteiger partial charge in [-0.3, -0.25) is 4.98 Å². The normalized spacial score (nSPS) is 13.8. The van der Waals surface area contributed by atoms with E-state index in [1.165, 1.54) is 0 Å². The van der Waals surface area contributed by atoms with Crippen LogP contribution in [0.5, 0.6) is 0 Å². The van der Waals surface area contributed by atoms with E-state index < -0.39 is 6.10 Å². The van der Waals surface area contributed by atoms with Gasteiger partial charge in [-0.2, -0.15) is 0 Å². The molecular weight excluding hydrogens is 332 g/mol. The van der Waals surface area contributed by atoms with Crippen LogP contribution in [0.4, 0.5) is 11.5 Å². The Bertz CT molecular complexity index is 958. The van der Waals surface area contributed by atoms with Crippen molar-refractivity contribution < 1.29 is 5.11 Å². The van der Waals surface area contributed by atoms with Crippen molar-refractivity contribution >= 4 is 29.3 Å². The number of aromatic nitrogens is 3. The Labute approximate surface area is 149 Å². The van der Waals surface area contributed by atoms with E-state index >= 15 is 0 Å². The minimum Gasteiger partial charge on any atom is -0.382 e. The molecule has 1 aliphatic heterocycles. The van der Waals surface area contributed by atoms with Gasteiger partial charge in [-0.15, -0.1) is 0 Å². The lowest BCUT2D eigenvalue weighted by molar-refractivity contribution is 0.215. The Morgan fingerprint density at radius 1 is 1.16 bits per heavy atom. The summed E-state index contributed by atoms with van der Waals surface area (Å²) in [5.41, 5.74) is 3.15. The van der Waals surface area contributed by atoms with Gasteiger partial charge in [0.25, 0.3) is 0 Å². The first-order valence-electron chi connectivity index (χ1n) is 7.92. The van der Waals surface area contributed by atoms with Crippen molar-refractivity contribution in [3.05, 3.63) is 71.8 Å². The zero-order valence-electron chi connectivity index (χ0n) is 13.5. The summed E-state index contributed by atoms with van der Waals surface area (Å²) in [6.07, 6.45) is 6.39. The average Bonchev–Trinajstić information content (AvgIpc) is 2.66. The first-order chi connectivity index (χ1) is 12.2. The van der Waals surface area contributed by atoms with Gasteiger partial charge in [0.2, 0.25) is 0 Å². The molecule has 1 aliphatic rings. The molecule has 1 unspecified atom stereocenters. The van der Waals surface area contributed by atoms with Gasteiger partial charge in [0.15, 0.2) is 5.82 Å². The fourth-order valence-electron chi connectivity index (χ4n) is 2.68. The number of benzene rings is 1. The van der Waals surface area contributed by atoms with Gasteiger partial charge >= 0.3 is 0 Å². The minimum absolute atomic E-state index is 0.624. The summed E-state index contributed by atoms with van der Waals surface area (Å²) < 4.78 is 0. The molecule has 0 fully saturated rings. The van der Waals surface area contributed by atoms with Gasteiger partial charge in [-0.25, -0.2) is 9.97 Å². The number of anilines is 2. The number of fused-ring (bicyclic) bond motifs is 2. The van der Waals surface area contributed by atoms with E-state index in [1.807, 2.05) is 55.5 Å². The maximum Gasteiger partial charge on any atom is 0.163 e. The standard InChI is InChI=1S/C19H16N4OS/c1-2-4-13-5-3-6-14(22-13)17(24)12-7-8-16-15(11-12)23-18-19(25-16)21-10-9-20-18/h2-11,17,24H,1H3,(H,20,23)/b4-2+. The van der Waals surface area contributed by atoms with Crippen molar-refractivity contribution in [3.63, 3.8) is 0 Å². The summed E-state index contributed by atoms with van der Waals surface area (Å²) in [7, 11) is 0. The van der Waals surface area contributed by atoms with E-state index in [9.17, 15) is 5.11 Å². The number of pyridine rings is 1. The van der Waals surface area contributed by atoms with E-state index in [1.54, 1.807) is 24.2 Å². The summed E-state index contributed by atoms with van der Waals surface area (Å²) >= 11 is 1.57. The topological polar surface area (TPSA) is 70.9 Å². The van der Waals surface area contributed by atoms with Crippen LogP contribution in [0, 0.1) is 0 Å². The molecule has 5 nitrogen and oxygen atoms in total. The Balaban J connectivity index is 1.65. The number of allylic oxidation sites excluding steroid dienone is 1. The maximum atomic E-state index is 10.7. The molecule has 4 rings (SSSR count). The SMILES string of the molecule is C/C=C/c1cccc(C(O)c2ccc3c(c2)Nc2nccnc2S3)n1. The van der Waals surface area contributed by atoms with Crippen molar-refractivity contribution in [2.45, 2.75) is 22.9 Å². The molecule has 0 radical (unpaired) electrons. The fourth-order valence-corrected chi connectivity index (χ4v) is 3.56. The highest BCUT2D eigenvalue weighted by atomic mass is 32.2. The Morgan fingerprint density at radius 2 is 2.04 bits per heavy atom. The highest BCUT2D eigenvalue weighted by Crippen LogP contribution is 2.42. The van der Waals surface area contributed by atoms with Crippen LogP contribution in [0.1, 0.15) is 30.0 Å². The average molecular weight is 348 g/mol. The Kier molecular flexibility index (Phi) is 4.21. The molecule has 0 aliphatic carbocycles. The van der Waals surface area contributed by atoms with E-state index in [-0.39, 0.29) is 0 Å². The number of rotatable bonds is 3. The fraction of sp³-hybridized carbons (Fsp3) is 0.105. The van der Waals surface area contributed by atoms with Crippen LogP contribution >= 0.6 is 11.8 Å². The number of nitrogens with zero attached hydrogens (tertiary/aromatic N) is 3. The third-order valence-corrected chi connectivity index (χ3v) is 4.92. The van der Waals surface area contributed by atoms with E-state index in [0.29, 0.717) is 5.69 Å². The van der Waals surface area contributed by atoms with Gasteiger partial charge in [-0.05, 0) is 42.8 Å². The van der Waals surface area contributed by atoms with Crippen molar-refractivity contribution in [2.75, 3.05) is 5.32 Å². The van der Waals surface area contributed by atoms with E-state index in [4.69, 9.17) is 0 Å². The first-order valence-corrected chi connectivity index (χ1v) is 8.74. The molecule has 2 aromatic heterocycles. The predicted octanol–water partition coefficient (Wildman–Crippen LogP) is 4.19. The van der Waals surface area contributed by atoms with Crippen LogP contribution in [0.2, 0.25) is 0 Å². The molecule has 124 valence electrons. The Hall–Kier alpha value is -2.70. The van der Waals surface area contributed by atoms with Crippen LogP contribution in [0.25, 0.3) is 6.08 Å². The van der Waals surface area contributed by atoms with Gasteiger partial charge in [-0.1, -0.05) is 30.0 Å². The largest absolute Gasteiger partial charge is 0.382 e. The molecule has 3 aromatic rings. The van der Waals surface area contributed by atoms with Gasteiger partial charge in [0.1, 0.15) is 11.1 Å². The van der Waals surface area contributed by atoms with Gasteiger partial charge in [0, 0.05) is 17.3 Å². The molecule has 2 N–H and O–H groups in total. The maximum absolute atomic E-state index is 10.7. The number of aliphatic hydroxyl groups is 1. The lowest BCUT2D eigenvalue weighted by Crippen LogP contribution is -2.07. The lowest BCUT2D eigenvalue weighted by Gasteiger charge is -2.20. The number of nitrogens with one attached hydrogen (secondary N) is 1. The quantitative estimate of drug-likeness (QED) is 0.578. The van der Waals surface area contributed by atoms with Crippen molar-refractivity contribution in [2.24, 2.45) is 0 Å². The number of hydrogen-bond donors (Lipinski definition) is 2. The molecule has 0 amide bonds. The highest BCUT2D eigenvalue weighted by molar-refractivity contribution is 7.99. The molecule has 25 heavy (non-hydrogen) atoms. The first kappa shape index (κ1) is 15.8. The molecule has 3 heterocycles. The summed E-state index contributed by atoms with van der Waals surface area (Å²) in [4.78, 5) is 14.2. The van der Waals surface area contributed by atoms with Crippen LogP contribution in [0.3, 0.4) is 0 Å². The van der Waals surface area contributed by atoms with Crippen molar-refractivity contribution in [1.82, 2.24) is 15.0 Å². The monoisotopic (exact) mass is 348 g/mol. The highest BCUT2D eigenvalue weighted by Gasteiger charge is 2.20. The molecule has 0 bridgehead atoms. The van der Waals surface area contributed by atoms with E-state index in [2.05, 4.69) is 20.3 Å². The minimum atomic E-state index is -0.787. The predicted molar refractivity (Wildman–Crippen MR) is 98.9 cm³/mol. The third-order valence-electron chi connectivity index (χ3n) is 3.85. The van der Waals surface area contributed by atoms with E-state index in [0.717, 1.165) is 32.7 Å². The second-order valence-electron chi connectivity index (χ2n) is 5.58. The smallest absolute Gasteiger partial charge is 0.163 e. The van der Waals surface area contributed by atoms with Crippen molar-refractivity contribution in [1.29, 1.82) is 0 Å². The van der Waals surface area contributed by atoms with Gasteiger partial charge < -0.3 is 10.4 Å². The summed E-state index contributed by atoms with van der Waals surface area (Å²) in [6.45, 7) is 1.94. The second kappa shape index (κ2) is 6.66.